The summed E-state index contributed by atoms with van der Waals surface area (Å²) in [7, 11) is -4.55. The molecular weight excluding hydrogens is 513 g/mol. The third-order valence-electron chi connectivity index (χ3n) is 5.07. The van der Waals surface area contributed by atoms with Crippen LogP contribution in [0.3, 0.4) is 0 Å². The van der Waals surface area contributed by atoms with E-state index in [0.29, 0.717) is 15.8 Å². The fourth-order valence-corrected chi connectivity index (χ4v) is 4.55. The van der Waals surface area contributed by atoms with Gasteiger partial charge in [0.25, 0.3) is 11.1 Å². The van der Waals surface area contributed by atoms with Gasteiger partial charge in [0.2, 0.25) is 0 Å². The van der Waals surface area contributed by atoms with E-state index in [4.69, 9.17) is 19.3 Å². The van der Waals surface area contributed by atoms with Gasteiger partial charge in [-0.15, -0.1) is 0 Å². The topological polar surface area (TPSA) is 127 Å². The van der Waals surface area contributed by atoms with Crippen LogP contribution >= 0.6 is 19.2 Å². The Morgan fingerprint density at radius 3 is 2.77 bits per heavy atom. The molecule has 178 valence electrons. The van der Waals surface area contributed by atoms with Crippen molar-refractivity contribution in [1.82, 2.24) is 10.3 Å². The molecule has 0 spiro atoms. The van der Waals surface area contributed by atoms with Crippen LogP contribution in [0, 0.1) is 6.92 Å². The Hall–Kier alpha value is -0.750. The molecule has 0 saturated heterocycles. The Balaban J connectivity index is 0.00000216. The zero-order chi connectivity index (χ0) is 23.4. The first-order valence-electron chi connectivity index (χ1n) is 10.3. The molecule has 13 heteroatoms. The minimum atomic E-state index is -4.55. The Bertz CT molecular complexity index is 1200. The van der Waals surface area contributed by atoms with E-state index in [9.17, 15) is 9.36 Å². The van der Waals surface area contributed by atoms with Gasteiger partial charge < -0.3 is 24.6 Å². The number of hydrogen-bond acceptors (Lipinski definition) is 7. The van der Waals surface area contributed by atoms with Crippen molar-refractivity contribution in [2.75, 3.05) is 13.2 Å². The van der Waals surface area contributed by atoms with Crippen molar-refractivity contribution in [3.05, 3.63) is 70.2 Å². The van der Waals surface area contributed by atoms with E-state index in [-0.39, 0.29) is 78.4 Å². The molecular formula is C22H25N2Na2O7PS. The minimum absolute atomic E-state index is 0. The molecule has 0 unspecified atom stereocenters. The molecule has 3 N–H and O–H groups in total. The van der Waals surface area contributed by atoms with Gasteiger partial charge in [0.1, 0.15) is 22.5 Å². The first kappa shape index (κ1) is 30.5. The molecule has 35 heavy (non-hydrogen) atoms. The molecule has 1 amide bonds. The van der Waals surface area contributed by atoms with Gasteiger partial charge in [-0.3, -0.25) is 9.32 Å². The Kier molecular flexibility index (Phi) is 11.9. The van der Waals surface area contributed by atoms with E-state index in [1.54, 1.807) is 6.07 Å². The van der Waals surface area contributed by atoms with Crippen LogP contribution in [0.1, 0.15) is 38.9 Å². The number of phosphoric ester groups is 1. The van der Waals surface area contributed by atoms with Crippen LogP contribution in [-0.2, 0) is 15.5 Å². The number of ether oxygens (including phenoxy) is 2. The third-order valence-corrected chi connectivity index (χ3v) is 6.47. The van der Waals surface area contributed by atoms with E-state index in [0.717, 1.165) is 35.5 Å². The molecule has 0 radical (unpaired) electrons. The number of nitrogens with zero attached hydrogens (tertiary/aromatic N) is 1. The first-order valence-corrected chi connectivity index (χ1v) is 12.6. The van der Waals surface area contributed by atoms with E-state index in [2.05, 4.69) is 33.9 Å². The summed E-state index contributed by atoms with van der Waals surface area (Å²) in [6, 6.07) is 13.8. The third kappa shape index (κ3) is 8.66. The van der Waals surface area contributed by atoms with Crippen molar-refractivity contribution >= 4 is 84.2 Å². The van der Waals surface area contributed by atoms with Gasteiger partial charge >= 0.3 is 66.9 Å². The number of carbonyl (C=O) groups excluding carboxylic acids is 1. The molecule has 0 bridgehead atoms. The van der Waals surface area contributed by atoms with Gasteiger partial charge in [-0.05, 0) is 54.7 Å². The molecule has 1 atom stereocenters. The van der Waals surface area contributed by atoms with Crippen molar-refractivity contribution in [1.29, 1.82) is 0 Å². The SMILES string of the molecule is Cc1ccccc1[C@@H]1CCc2cc(Oc3ncc(C(=O)NCCOP(=O)(O)O)s3)ccc2O1.[NaH].[NaH]. The number of aryl methyl sites for hydroxylation is 2. The monoisotopic (exact) mass is 538 g/mol. The number of benzene rings is 2. The summed E-state index contributed by atoms with van der Waals surface area (Å²) in [6.07, 6.45) is 3.13. The predicted octanol–water partition coefficient (Wildman–Crippen LogP) is 2.85. The number of rotatable bonds is 8. The fourth-order valence-electron chi connectivity index (χ4n) is 3.52. The Morgan fingerprint density at radius 1 is 1.26 bits per heavy atom. The predicted molar refractivity (Wildman–Crippen MR) is 136 cm³/mol. The number of aromatic nitrogens is 1. The summed E-state index contributed by atoms with van der Waals surface area (Å²) in [4.78, 5) is 33.8. The quantitative estimate of drug-likeness (QED) is 0.227. The average molecular weight is 538 g/mol. The second-order valence-electron chi connectivity index (χ2n) is 7.44. The van der Waals surface area contributed by atoms with Crippen molar-refractivity contribution in [2.24, 2.45) is 0 Å². The van der Waals surface area contributed by atoms with E-state index < -0.39 is 13.7 Å². The number of fused-ring (bicyclic) bond motifs is 1. The summed E-state index contributed by atoms with van der Waals surface area (Å²) >= 11 is 1.07. The Labute approximate surface area is 251 Å². The number of amides is 1. The van der Waals surface area contributed by atoms with E-state index >= 15 is 0 Å². The average Bonchev–Trinajstić information content (AvgIpc) is 3.24. The van der Waals surface area contributed by atoms with Crippen LogP contribution in [0.2, 0.25) is 0 Å². The fraction of sp³-hybridized carbons (Fsp3) is 0.273. The molecule has 0 saturated carbocycles. The zero-order valence-corrected chi connectivity index (χ0v) is 19.5. The summed E-state index contributed by atoms with van der Waals surface area (Å²) in [5, 5.41) is 2.81. The maximum atomic E-state index is 12.1. The summed E-state index contributed by atoms with van der Waals surface area (Å²) < 4.78 is 27.0. The molecule has 9 nitrogen and oxygen atoms in total. The van der Waals surface area contributed by atoms with Crippen molar-refractivity contribution in [3.63, 3.8) is 0 Å². The normalized spacial score (nSPS) is 14.5. The number of hydrogen-bond donors (Lipinski definition) is 3. The van der Waals surface area contributed by atoms with Crippen LogP contribution < -0.4 is 14.8 Å². The van der Waals surface area contributed by atoms with Gasteiger partial charge in [-0.2, -0.15) is 0 Å². The Morgan fingerprint density at radius 2 is 2.03 bits per heavy atom. The van der Waals surface area contributed by atoms with Crippen molar-refractivity contribution < 1.29 is 33.1 Å². The number of carbonyl (C=O) groups is 1. The molecule has 1 aromatic heterocycles. The number of phosphoric acid groups is 1. The summed E-state index contributed by atoms with van der Waals surface area (Å²) in [5.41, 5.74) is 3.46. The molecule has 1 aliphatic heterocycles. The molecule has 2 heterocycles. The number of thiazole rings is 1. The van der Waals surface area contributed by atoms with Gasteiger partial charge in [-0.1, -0.05) is 35.6 Å². The van der Waals surface area contributed by atoms with Crippen LogP contribution in [0.5, 0.6) is 16.7 Å². The van der Waals surface area contributed by atoms with Crippen LogP contribution in [0.25, 0.3) is 0 Å². The van der Waals surface area contributed by atoms with Crippen LogP contribution in [0.15, 0.2) is 48.7 Å². The van der Waals surface area contributed by atoms with Gasteiger partial charge in [0.15, 0.2) is 0 Å². The van der Waals surface area contributed by atoms with Gasteiger partial charge in [0, 0.05) is 6.54 Å². The molecule has 0 aliphatic carbocycles. The zero-order valence-electron chi connectivity index (χ0n) is 17.8. The summed E-state index contributed by atoms with van der Waals surface area (Å²) in [6.45, 7) is 1.73. The first-order chi connectivity index (χ1) is 15.8. The second kappa shape index (κ2) is 13.7. The maximum absolute atomic E-state index is 12.1. The van der Waals surface area contributed by atoms with Gasteiger partial charge in [0.05, 0.1) is 12.8 Å². The van der Waals surface area contributed by atoms with Crippen molar-refractivity contribution in [2.45, 2.75) is 25.9 Å². The van der Waals surface area contributed by atoms with E-state index in [1.807, 2.05) is 24.3 Å². The van der Waals surface area contributed by atoms with Crippen LogP contribution in [-0.4, -0.2) is 92.9 Å². The standard InChI is InChI=1S/C22H23N2O7PS.2Na.2H/c1-14-4-2-3-5-17(14)19-8-6-15-12-16(7-9-18(15)31-19)30-22-24-13-20(33-22)21(25)23-10-11-29-32(26,27)28;;;;/h2-5,7,9,12-13,19H,6,8,10-11H2,1H3,(H,23,25)(H2,26,27,28);;;;/t19-;;;;/m0..../s1. The van der Waals surface area contributed by atoms with Crippen molar-refractivity contribution in [3.8, 4) is 16.7 Å². The molecule has 2 aromatic carbocycles. The molecule has 3 aromatic rings. The second-order valence-corrected chi connectivity index (χ2v) is 9.68. The molecule has 4 rings (SSSR count). The van der Waals surface area contributed by atoms with E-state index in [1.165, 1.54) is 17.3 Å². The number of nitrogens with one attached hydrogen (secondary N) is 1. The molecule has 1 aliphatic rings. The van der Waals surface area contributed by atoms with Crippen LogP contribution in [0.4, 0.5) is 0 Å². The molecule has 0 fully saturated rings. The summed E-state index contributed by atoms with van der Waals surface area (Å²) in [5.74, 6) is 0.999. The van der Waals surface area contributed by atoms with Gasteiger partial charge in [-0.25, -0.2) is 9.55 Å².